The van der Waals surface area contributed by atoms with Crippen molar-refractivity contribution in [1.82, 2.24) is 0 Å². The molecule has 0 unspecified atom stereocenters. The van der Waals surface area contributed by atoms with E-state index in [-0.39, 0.29) is 11.3 Å². The van der Waals surface area contributed by atoms with E-state index in [9.17, 15) is 14.7 Å². The van der Waals surface area contributed by atoms with Gasteiger partial charge in [0.1, 0.15) is 22.8 Å². The molecule has 7 nitrogen and oxygen atoms in total. The molecule has 2 aromatic carbocycles. The Morgan fingerprint density at radius 2 is 1.72 bits per heavy atom. The standard InChI is InChI=1S/C18H19NO6/c1-11(17(21)19-12-5-4-6-13(9-12)23-2)25-18(22)15-8-7-14(24-3)10-16(15)20/h4-11,20H,1-3H3,(H,19,21)/t11-/m0/s1. The van der Waals surface area contributed by atoms with E-state index in [1.807, 2.05) is 0 Å². The number of hydrogen-bond donors (Lipinski definition) is 2. The molecular weight excluding hydrogens is 326 g/mol. The molecule has 0 aliphatic heterocycles. The minimum Gasteiger partial charge on any atom is -0.507 e. The number of benzene rings is 2. The monoisotopic (exact) mass is 345 g/mol. The zero-order chi connectivity index (χ0) is 18.4. The summed E-state index contributed by atoms with van der Waals surface area (Å²) in [5.41, 5.74) is 0.460. The number of aromatic hydroxyl groups is 1. The summed E-state index contributed by atoms with van der Waals surface area (Å²) in [6, 6.07) is 11.0. The van der Waals surface area contributed by atoms with Gasteiger partial charge in [0.2, 0.25) is 0 Å². The Labute approximate surface area is 145 Å². The molecule has 0 aromatic heterocycles. The number of esters is 1. The van der Waals surface area contributed by atoms with Crippen LogP contribution in [0.25, 0.3) is 0 Å². The maximum Gasteiger partial charge on any atom is 0.342 e. The third-order valence-corrected chi connectivity index (χ3v) is 3.42. The first-order valence-corrected chi connectivity index (χ1v) is 7.47. The van der Waals surface area contributed by atoms with Gasteiger partial charge in [-0.25, -0.2) is 4.79 Å². The van der Waals surface area contributed by atoms with Gasteiger partial charge in [-0.3, -0.25) is 4.79 Å². The largest absolute Gasteiger partial charge is 0.507 e. The molecule has 2 aromatic rings. The summed E-state index contributed by atoms with van der Waals surface area (Å²) in [7, 11) is 2.96. The van der Waals surface area contributed by atoms with E-state index in [0.717, 1.165) is 0 Å². The van der Waals surface area contributed by atoms with E-state index in [4.69, 9.17) is 14.2 Å². The van der Waals surface area contributed by atoms with Crippen LogP contribution in [0.3, 0.4) is 0 Å². The average molecular weight is 345 g/mol. The van der Waals surface area contributed by atoms with Gasteiger partial charge in [-0.05, 0) is 31.2 Å². The molecule has 0 saturated carbocycles. The molecule has 0 aliphatic rings. The molecule has 7 heteroatoms. The molecule has 0 spiro atoms. The molecule has 1 amide bonds. The summed E-state index contributed by atoms with van der Waals surface area (Å²) >= 11 is 0. The Hall–Kier alpha value is -3.22. The highest BCUT2D eigenvalue weighted by Crippen LogP contribution is 2.24. The van der Waals surface area contributed by atoms with Crippen molar-refractivity contribution in [3.8, 4) is 17.2 Å². The van der Waals surface area contributed by atoms with Crippen LogP contribution >= 0.6 is 0 Å². The second-order valence-corrected chi connectivity index (χ2v) is 5.15. The molecule has 0 fully saturated rings. The smallest absolute Gasteiger partial charge is 0.342 e. The highest BCUT2D eigenvalue weighted by Gasteiger charge is 2.21. The zero-order valence-electron chi connectivity index (χ0n) is 14.1. The maximum absolute atomic E-state index is 12.2. The fourth-order valence-electron chi connectivity index (χ4n) is 2.03. The number of ether oxygens (including phenoxy) is 3. The predicted octanol–water partition coefficient (Wildman–Crippen LogP) is 2.59. The number of carbonyl (C=O) groups excluding carboxylic acids is 2. The Morgan fingerprint density at radius 3 is 2.36 bits per heavy atom. The van der Waals surface area contributed by atoms with Gasteiger partial charge >= 0.3 is 5.97 Å². The third-order valence-electron chi connectivity index (χ3n) is 3.42. The van der Waals surface area contributed by atoms with E-state index >= 15 is 0 Å². The van der Waals surface area contributed by atoms with Crippen LogP contribution in [0.5, 0.6) is 17.2 Å². The number of amides is 1. The molecule has 25 heavy (non-hydrogen) atoms. The number of hydrogen-bond acceptors (Lipinski definition) is 6. The van der Waals surface area contributed by atoms with Crippen molar-refractivity contribution < 1.29 is 28.9 Å². The molecule has 132 valence electrons. The van der Waals surface area contributed by atoms with Crippen LogP contribution in [-0.2, 0) is 9.53 Å². The van der Waals surface area contributed by atoms with Crippen molar-refractivity contribution in [1.29, 1.82) is 0 Å². The number of phenolic OH excluding ortho intramolecular Hbond substituents is 1. The number of rotatable bonds is 6. The number of phenols is 1. The first-order valence-electron chi connectivity index (χ1n) is 7.47. The van der Waals surface area contributed by atoms with E-state index in [2.05, 4.69) is 5.32 Å². The fourth-order valence-corrected chi connectivity index (χ4v) is 2.03. The Balaban J connectivity index is 2.01. The van der Waals surface area contributed by atoms with Crippen LogP contribution in [0, 0.1) is 0 Å². The fraction of sp³-hybridized carbons (Fsp3) is 0.222. The number of carbonyl (C=O) groups is 2. The van der Waals surface area contributed by atoms with Crippen molar-refractivity contribution in [2.45, 2.75) is 13.0 Å². The summed E-state index contributed by atoms with van der Waals surface area (Å²) < 4.78 is 15.1. The number of anilines is 1. The van der Waals surface area contributed by atoms with Gasteiger partial charge < -0.3 is 24.6 Å². The summed E-state index contributed by atoms with van der Waals surface area (Å²) in [6.45, 7) is 1.44. The topological polar surface area (TPSA) is 94.1 Å². The maximum atomic E-state index is 12.2. The van der Waals surface area contributed by atoms with Gasteiger partial charge in [-0.2, -0.15) is 0 Å². The van der Waals surface area contributed by atoms with Crippen molar-refractivity contribution in [2.75, 3.05) is 19.5 Å². The highest BCUT2D eigenvalue weighted by atomic mass is 16.5. The summed E-state index contributed by atoms with van der Waals surface area (Å²) in [6.07, 6.45) is -1.06. The SMILES string of the molecule is COc1cccc(NC(=O)[C@H](C)OC(=O)c2ccc(OC)cc2O)c1. The molecule has 0 bridgehead atoms. The molecular formula is C18H19NO6. The summed E-state index contributed by atoms with van der Waals surface area (Å²) in [4.78, 5) is 24.3. The van der Waals surface area contributed by atoms with Crippen molar-refractivity contribution in [3.63, 3.8) is 0 Å². The molecule has 0 aliphatic carbocycles. The molecule has 0 heterocycles. The lowest BCUT2D eigenvalue weighted by atomic mass is 10.2. The van der Waals surface area contributed by atoms with E-state index < -0.39 is 18.0 Å². The van der Waals surface area contributed by atoms with E-state index in [1.54, 1.807) is 24.3 Å². The number of methoxy groups -OCH3 is 2. The van der Waals surface area contributed by atoms with Gasteiger partial charge in [0.25, 0.3) is 5.91 Å². The van der Waals surface area contributed by atoms with Gasteiger partial charge in [-0.15, -0.1) is 0 Å². The van der Waals surface area contributed by atoms with Gasteiger partial charge in [0, 0.05) is 17.8 Å². The minimum absolute atomic E-state index is 0.0539. The average Bonchev–Trinajstić information content (AvgIpc) is 2.61. The van der Waals surface area contributed by atoms with Crippen LogP contribution in [0.4, 0.5) is 5.69 Å². The molecule has 2 rings (SSSR count). The first-order chi connectivity index (χ1) is 11.9. The van der Waals surface area contributed by atoms with Crippen molar-refractivity contribution in [2.24, 2.45) is 0 Å². The quantitative estimate of drug-likeness (QED) is 0.782. The lowest BCUT2D eigenvalue weighted by molar-refractivity contribution is -0.123. The lowest BCUT2D eigenvalue weighted by Gasteiger charge is -2.14. The molecule has 0 radical (unpaired) electrons. The second kappa shape index (κ2) is 8.05. The lowest BCUT2D eigenvalue weighted by Crippen LogP contribution is -2.30. The minimum atomic E-state index is -1.06. The van der Waals surface area contributed by atoms with Crippen LogP contribution in [-0.4, -0.2) is 37.3 Å². The van der Waals surface area contributed by atoms with Gasteiger partial charge in [-0.1, -0.05) is 6.07 Å². The van der Waals surface area contributed by atoms with E-state index in [0.29, 0.717) is 17.2 Å². The summed E-state index contributed by atoms with van der Waals surface area (Å²) in [5.74, 6) is -0.615. The van der Waals surface area contributed by atoms with E-state index in [1.165, 1.54) is 39.3 Å². The van der Waals surface area contributed by atoms with Crippen molar-refractivity contribution in [3.05, 3.63) is 48.0 Å². The Morgan fingerprint density at radius 1 is 1.04 bits per heavy atom. The van der Waals surface area contributed by atoms with Gasteiger partial charge in [0.15, 0.2) is 6.10 Å². The molecule has 2 N–H and O–H groups in total. The molecule has 1 atom stereocenters. The van der Waals surface area contributed by atoms with Crippen LogP contribution in [0.1, 0.15) is 17.3 Å². The predicted molar refractivity (Wildman–Crippen MR) is 91.2 cm³/mol. The van der Waals surface area contributed by atoms with Gasteiger partial charge in [0.05, 0.1) is 14.2 Å². The highest BCUT2D eigenvalue weighted by molar-refractivity contribution is 5.98. The Kier molecular flexibility index (Phi) is 5.84. The van der Waals surface area contributed by atoms with Crippen LogP contribution < -0.4 is 14.8 Å². The Bertz CT molecular complexity index is 774. The number of nitrogens with one attached hydrogen (secondary N) is 1. The summed E-state index contributed by atoms with van der Waals surface area (Å²) in [5, 5.41) is 12.5. The van der Waals surface area contributed by atoms with Crippen LogP contribution in [0.15, 0.2) is 42.5 Å². The normalized spacial score (nSPS) is 11.3. The third kappa shape index (κ3) is 4.63. The van der Waals surface area contributed by atoms with Crippen molar-refractivity contribution >= 4 is 17.6 Å². The van der Waals surface area contributed by atoms with Crippen LogP contribution in [0.2, 0.25) is 0 Å². The first kappa shape index (κ1) is 18.1. The molecule has 0 saturated heterocycles. The zero-order valence-corrected chi connectivity index (χ0v) is 14.1. The second-order valence-electron chi connectivity index (χ2n) is 5.15.